The summed E-state index contributed by atoms with van der Waals surface area (Å²) < 4.78 is 5.46. The highest BCUT2D eigenvalue weighted by atomic mass is 35.5. The minimum atomic E-state index is 0.0257. The first-order valence-electron chi connectivity index (χ1n) is 8.87. The van der Waals surface area contributed by atoms with Gasteiger partial charge in [0.05, 0.1) is 29.2 Å². The number of fused-ring (bicyclic) bond motifs is 1. The first-order valence-corrected chi connectivity index (χ1v) is 9.25. The Morgan fingerprint density at radius 1 is 1.07 bits per heavy atom. The smallest absolute Gasteiger partial charge is 0.181 e. The summed E-state index contributed by atoms with van der Waals surface area (Å²) in [5, 5.41) is 17.7. The lowest BCUT2D eigenvalue weighted by Crippen LogP contribution is -1.93. The average molecular weight is 392 g/mol. The van der Waals surface area contributed by atoms with Crippen LogP contribution in [0.3, 0.4) is 0 Å². The van der Waals surface area contributed by atoms with Crippen LogP contribution in [0.5, 0.6) is 0 Å². The molecule has 0 atom stereocenters. The number of aromatic nitrogens is 1. The molecule has 3 aromatic carbocycles. The second kappa shape index (κ2) is 8.25. The summed E-state index contributed by atoms with van der Waals surface area (Å²) in [7, 11) is 0. The van der Waals surface area contributed by atoms with Gasteiger partial charge in [-0.15, -0.1) is 0 Å². The fraction of sp³-hybridized carbons (Fsp3) is 0.0909. The Labute approximate surface area is 167 Å². The second-order valence-corrected chi connectivity index (χ2v) is 6.58. The maximum Gasteiger partial charge on any atom is 0.181 e. The zero-order valence-electron chi connectivity index (χ0n) is 15.0. The van der Waals surface area contributed by atoms with Crippen molar-refractivity contribution in [2.24, 2.45) is 4.99 Å². The van der Waals surface area contributed by atoms with Crippen molar-refractivity contribution in [1.82, 2.24) is 5.16 Å². The third kappa shape index (κ3) is 3.76. The Morgan fingerprint density at radius 2 is 1.93 bits per heavy atom. The SMILES string of the molecule is OCCN=Cc1ccc2c(Nc3cccc(-c4ccccc4)c3Cl)noc2c1. The molecular formula is C22H18ClN3O2. The van der Waals surface area contributed by atoms with E-state index in [0.29, 0.717) is 23.0 Å². The number of aliphatic hydroxyl groups excluding tert-OH is 1. The van der Waals surface area contributed by atoms with Gasteiger partial charge < -0.3 is 14.9 Å². The molecule has 6 heteroatoms. The van der Waals surface area contributed by atoms with Gasteiger partial charge in [-0.1, -0.05) is 65.3 Å². The fourth-order valence-corrected chi connectivity index (χ4v) is 3.23. The molecule has 0 saturated carbocycles. The van der Waals surface area contributed by atoms with Gasteiger partial charge in [0.25, 0.3) is 0 Å². The fourth-order valence-electron chi connectivity index (χ4n) is 2.95. The number of anilines is 2. The lowest BCUT2D eigenvalue weighted by atomic mass is 10.0. The molecule has 28 heavy (non-hydrogen) atoms. The molecule has 2 N–H and O–H groups in total. The van der Waals surface area contributed by atoms with Crippen molar-refractivity contribution in [3.63, 3.8) is 0 Å². The number of aliphatic imine (C=N–C) groups is 1. The third-order valence-corrected chi connectivity index (χ3v) is 4.71. The molecule has 1 aromatic heterocycles. The molecule has 4 rings (SSSR count). The molecule has 0 aliphatic rings. The number of nitrogens with one attached hydrogen (secondary N) is 1. The molecular weight excluding hydrogens is 374 g/mol. The van der Waals surface area contributed by atoms with Gasteiger partial charge >= 0.3 is 0 Å². The minimum absolute atomic E-state index is 0.0257. The van der Waals surface area contributed by atoms with E-state index in [1.807, 2.05) is 66.7 Å². The van der Waals surface area contributed by atoms with Crippen LogP contribution in [0.2, 0.25) is 5.02 Å². The second-order valence-electron chi connectivity index (χ2n) is 6.20. The van der Waals surface area contributed by atoms with E-state index in [9.17, 15) is 0 Å². The molecule has 0 bridgehead atoms. The van der Waals surface area contributed by atoms with Crippen LogP contribution in [0.4, 0.5) is 11.5 Å². The van der Waals surface area contributed by atoms with Gasteiger partial charge in [-0.3, -0.25) is 4.99 Å². The van der Waals surface area contributed by atoms with Crippen molar-refractivity contribution in [1.29, 1.82) is 0 Å². The van der Waals surface area contributed by atoms with Crippen LogP contribution in [0.1, 0.15) is 5.56 Å². The quantitative estimate of drug-likeness (QED) is 0.437. The highest BCUT2D eigenvalue weighted by Crippen LogP contribution is 2.36. The van der Waals surface area contributed by atoms with Gasteiger partial charge in [-0.05, 0) is 29.3 Å². The summed E-state index contributed by atoms with van der Waals surface area (Å²) in [6, 6.07) is 21.5. The molecule has 0 spiro atoms. The summed E-state index contributed by atoms with van der Waals surface area (Å²) in [6.45, 7) is 0.398. The molecule has 0 saturated heterocycles. The van der Waals surface area contributed by atoms with Gasteiger partial charge in [-0.2, -0.15) is 0 Å². The summed E-state index contributed by atoms with van der Waals surface area (Å²) in [6.07, 6.45) is 1.70. The van der Waals surface area contributed by atoms with Crippen molar-refractivity contribution in [2.45, 2.75) is 0 Å². The van der Waals surface area contributed by atoms with Crippen LogP contribution in [0.25, 0.3) is 22.1 Å². The van der Waals surface area contributed by atoms with Crippen LogP contribution < -0.4 is 5.32 Å². The Kier molecular flexibility index (Phi) is 5.37. The molecule has 5 nitrogen and oxygen atoms in total. The highest BCUT2D eigenvalue weighted by Gasteiger charge is 2.13. The van der Waals surface area contributed by atoms with Gasteiger partial charge in [-0.25, -0.2) is 0 Å². The Balaban J connectivity index is 1.64. The monoisotopic (exact) mass is 391 g/mol. The average Bonchev–Trinajstić information content (AvgIpc) is 3.12. The first kappa shape index (κ1) is 18.2. The zero-order valence-corrected chi connectivity index (χ0v) is 15.7. The van der Waals surface area contributed by atoms with Crippen molar-refractivity contribution >= 4 is 40.3 Å². The highest BCUT2D eigenvalue weighted by molar-refractivity contribution is 6.36. The normalized spacial score (nSPS) is 11.4. The van der Waals surface area contributed by atoms with Crippen LogP contribution >= 0.6 is 11.6 Å². The minimum Gasteiger partial charge on any atom is -0.394 e. The van der Waals surface area contributed by atoms with Crippen LogP contribution in [-0.2, 0) is 0 Å². The number of rotatable bonds is 6. The molecule has 0 aliphatic carbocycles. The molecule has 0 amide bonds. The standard InChI is InChI=1S/C22H18ClN3O2/c23-21-17(16-5-2-1-3-6-16)7-4-8-19(21)25-22-18-10-9-15(14-24-11-12-27)13-20(18)28-26-22/h1-10,13-14,27H,11-12H2,(H,25,26). The van der Waals surface area contributed by atoms with E-state index in [1.54, 1.807) is 6.21 Å². The predicted octanol–water partition coefficient (Wildman–Crippen LogP) is 5.30. The van der Waals surface area contributed by atoms with Crippen molar-refractivity contribution in [3.05, 3.63) is 77.3 Å². The summed E-state index contributed by atoms with van der Waals surface area (Å²) >= 11 is 6.65. The van der Waals surface area contributed by atoms with Crippen LogP contribution in [0.15, 0.2) is 76.2 Å². The number of aliphatic hydroxyl groups is 1. The number of nitrogens with zero attached hydrogens (tertiary/aromatic N) is 2. The Bertz CT molecular complexity index is 1120. The topological polar surface area (TPSA) is 70.7 Å². The lowest BCUT2D eigenvalue weighted by Gasteiger charge is -2.10. The number of benzene rings is 3. The van der Waals surface area contributed by atoms with E-state index >= 15 is 0 Å². The first-order chi connectivity index (χ1) is 13.8. The number of hydrogen-bond acceptors (Lipinski definition) is 5. The van der Waals surface area contributed by atoms with Crippen LogP contribution in [0, 0.1) is 0 Å². The zero-order chi connectivity index (χ0) is 19.3. The number of halogens is 1. The summed E-state index contributed by atoms with van der Waals surface area (Å²) in [5.74, 6) is 0.598. The maximum atomic E-state index is 8.81. The van der Waals surface area contributed by atoms with Gasteiger partial charge in [0, 0.05) is 11.8 Å². The molecule has 0 fully saturated rings. The summed E-state index contributed by atoms with van der Waals surface area (Å²) in [4.78, 5) is 4.12. The van der Waals surface area contributed by atoms with E-state index < -0.39 is 0 Å². The Morgan fingerprint density at radius 3 is 2.75 bits per heavy atom. The van der Waals surface area contributed by atoms with Gasteiger partial charge in [0.1, 0.15) is 0 Å². The summed E-state index contributed by atoms with van der Waals surface area (Å²) in [5.41, 5.74) is 4.28. The van der Waals surface area contributed by atoms with Gasteiger partial charge in [0.2, 0.25) is 0 Å². The molecule has 4 aromatic rings. The largest absolute Gasteiger partial charge is 0.394 e. The van der Waals surface area contributed by atoms with E-state index in [1.165, 1.54) is 0 Å². The van der Waals surface area contributed by atoms with Crippen LogP contribution in [-0.4, -0.2) is 29.6 Å². The van der Waals surface area contributed by atoms with E-state index in [2.05, 4.69) is 15.5 Å². The van der Waals surface area contributed by atoms with Crippen molar-refractivity contribution in [3.8, 4) is 11.1 Å². The van der Waals surface area contributed by atoms with Crippen molar-refractivity contribution < 1.29 is 9.63 Å². The predicted molar refractivity (Wildman–Crippen MR) is 114 cm³/mol. The van der Waals surface area contributed by atoms with E-state index in [0.717, 1.165) is 27.8 Å². The number of hydrogen-bond donors (Lipinski definition) is 2. The molecule has 140 valence electrons. The molecule has 0 unspecified atom stereocenters. The lowest BCUT2D eigenvalue weighted by molar-refractivity contribution is 0.307. The third-order valence-electron chi connectivity index (χ3n) is 4.30. The van der Waals surface area contributed by atoms with E-state index in [-0.39, 0.29) is 6.61 Å². The van der Waals surface area contributed by atoms with E-state index in [4.69, 9.17) is 21.2 Å². The molecule has 0 aliphatic heterocycles. The van der Waals surface area contributed by atoms with Crippen molar-refractivity contribution in [2.75, 3.05) is 18.5 Å². The maximum absolute atomic E-state index is 8.81. The molecule has 1 heterocycles. The molecule has 0 radical (unpaired) electrons. The Hall–Kier alpha value is -3.15. The van der Waals surface area contributed by atoms with Gasteiger partial charge in [0.15, 0.2) is 11.4 Å².